The minimum atomic E-state index is -3.70. The summed E-state index contributed by atoms with van der Waals surface area (Å²) >= 11 is 0. The first kappa shape index (κ1) is 16.9. The van der Waals surface area contributed by atoms with Gasteiger partial charge in [0, 0.05) is 19.5 Å². The van der Waals surface area contributed by atoms with Crippen molar-refractivity contribution in [2.45, 2.75) is 27.2 Å². The molecule has 0 spiro atoms. The minimum absolute atomic E-state index is 0.106. The van der Waals surface area contributed by atoms with Crippen molar-refractivity contribution in [1.82, 2.24) is 4.31 Å². The Morgan fingerprint density at radius 1 is 1.44 bits per heavy atom. The molecule has 0 aromatic carbocycles. The minimum Gasteiger partial charge on any atom is -0.465 e. The lowest BCUT2D eigenvalue weighted by Crippen LogP contribution is -2.38. The second-order valence-electron chi connectivity index (χ2n) is 4.22. The zero-order valence-electron chi connectivity index (χ0n) is 11.0. The van der Waals surface area contributed by atoms with Crippen LogP contribution in [-0.4, -0.2) is 44.1 Å². The topological polar surface area (TPSA) is 87.5 Å². The van der Waals surface area contributed by atoms with Crippen LogP contribution in [0.4, 0.5) is 0 Å². The maximum atomic E-state index is 12.0. The maximum absolute atomic E-state index is 12.0. The Hall–Kier alpha value is -1.13. The van der Waals surface area contributed by atoms with Crippen LogP contribution in [0.5, 0.6) is 0 Å². The number of hydrogen-bond acceptors (Lipinski definition) is 5. The third-order valence-electron chi connectivity index (χ3n) is 2.04. The summed E-state index contributed by atoms with van der Waals surface area (Å²) in [4.78, 5) is 11.2. The molecule has 0 saturated heterocycles. The van der Waals surface area contributed by atoms with E-state index in [2.05, 4.69) is 4.74 Å². The predicted molar refractivity (Wildman–Crippen MR) is 67.1 cm³/mol. The highest BCUT2D eigenvalue weighted by atomic mass is 32.2. The van der Waals surface area contributed by atoms with E-state index in [-0.39, 0.29) is 25.5 Å². The molecule has 0 saturated carbocycles. The molecule has 104 valence electrons. The Balaban J connectivity index is 4.74. The van der Waals surface area contributed by atoms with Gasteiger partial charge in [-0.3, -0.25) is 4.79 Å². The molecule has 18 heavy (non-hydrogen) atoms. The molecule has 0 aromatic heterocycles. The van der Waals surface area contributed by atoms with Gasteiger partial charge in [0.15, 0.2) is 5.75 Å². The van der Waals surface area contributed by atoms with Gasteiger partial charge < -0.3 is 4.74 Å². The lowest BCUT2D eigenvalue weighted by Gasteiger charge is -2.22. The van der Waals surface area contributed by atoms with E-state index in [9.17, 15) is 13.2 Å². The first-order chi connectivity index (χ1) is 8.33. The zero-order chi connectivity index (χ0) is 14.2. The van der Waals surface area contributed by atoms with E-state index in [0.29, 0.717) is 6.54 Å². The Morgan fingerprint density at radius 2 is 2.06 bits per heavy atom. The molecule has 0 atom stereocenters. The second kappa shape index (κ2) is 8.06. The molecule has 0 N–H and O–H groups in total. The number of rotatable bonds is 8. The number of carbonyl (C=O) groups is 1. The molecule has 7 heteroatoms. The van der Waals surface area contributed by atoms with Crippen molar-refractivity contribution < 1.29 is 17.9 Å². The molecule has 0 aliphatic rings. The summed E-state index contributed by atoms with van der Waals surface area (Å²) in [7, 11) is -3.70. The third kappa shape index (κ3) is 6.57. The van der Waals surface area contributed by atoms with Crippen LogP contribution in [0.2, 0.25) is 0 Å². The standard InChI is InChI=1S/C11H20N2O4S/c1-4-17-11(14)9-18(15,16)13(7-5-6-12)8-10(2)3/h10H,4-5,7-9H2,1-3H3. The summed E-state index contributed by atoms with van der Waals surface area (Å²) in [5.41, 5.74) is 0. The van der Waals surface area contributed by atoms with Crippen LogP contribution >= 0.6 is 0 Å². The Morgan fingerprint density at radius 3 is 2.50 bits per heavy atom. The summed E-state index contributed by atoms with van der Waals surface area (Å²) in [6.45, 7) is 5.92. The Labute approximate surface area is 109 Å². The fourth-order valence-corrected chi connectivity index (χ4v) is 2.83. The van der Waals surface area contributed by atoms with Crippen LogP contribution in [0.15, 0.2) is 0 Å². The molecular weight excluding hydrogens is 256 g/mol. The van der Waals surface area contributed by atoms with E-state index in [0.717, 1.165) is 0 Å². The van der Waals surface area contributed by atoms with Crippen LogP contribution in [0.3, 0.4) is 0 Å². The van der Waals surface area contributed by atoms with Crippen molar-refractivity contribution in [2.24, 2.45) is 5.92 Å². The van der Waals surface area contributed by atoms with Crippen molar-refractivity contribution in [2.75, 3.05) is 25.4 Å². The summed E-state index contributed by atoms with van der Waals surface area (Å²) in [6, 6.07) is 1.90. The van der Waals surface area contributed by atoms with Gasteiger partial charge >= 0.3 is 5.97 Å². The Bertz CT molecular complexity index is 398. The van der Waals surface area contributed by atoms with Crippen LogP contribution < -0.4 is 0 Å². The number of esters is 1. The molecule has 0 heterocycles. The van der Waals surface area contributed by atoms with Gasteiger partial charge in [-0.1, -0.05) is 13.8 Å². The normalized spacial score (nSPS) is 11.6. The van der Waals surface area contributed by atoms with Gasteiger partial charge in [0.1, 0.15) is 0 Å². The summed E-state index contributed by atoms with van der Waals surface area (Å²) < 4.78 is 29.8. The molecular formula is C11H20N2O4S. The molecule has 0 rings (SSSR count). The van der Waals surface area contributed by atoms with Gasteiger partial charge in [0.05, 0.1) is 12.7 Å². The maximum Gasteiger partial charge on any atom is 0.322 e. The molecule has 0 aliphatic heterocycles. The molecule has 0 fully saturated rings. The average Bonchev–Trinajstić information content (AvgIpc) is 2.23. The van der Waals surface area contributed by atoms with Crippen molar-refractivity contribution in [1.29, 1.82) is 5.26 Å². The van der Waals surface area contributed by atoms with Gasteiger partial charge in [-0.25, -0.2) is 12.7 Å². The first-order valence-corrected chi connectivity index (χ1v) is 7.44. The first-order valence-electron chi connectivity index (χ1n) is 5.83. The number of nitriles is 1. The summed E-state index contributed by atoms with van der Waals surface area (Å²) in [5, 5.41) is 8.52. The van der Waals surface area contributed by atoms with Crippen molar-refractivity contribution in [3.63, 3.8) is 0 Å². The number of sulfonamides is 1. The molecule has 6 nitrogen and oxygen atoms in total. The van der Waals surface area contributed by atoms with Crippen molar-refractivity contribution in [3.05, 3.63) is 0 Å². The van der Waals surface area contributed by atoms with E-state index < -0.39 is 21.7 Å². The fraction of sp³-hybridized carbons (Fsp3) is 0.818. The number of carbonyl (C=O) groups excluding carboxylic acids is 1. The van der Waals surface area contributed by atoms with Gasteiger partial charge in [-0.15, -0.1) is 0 Å². The monoisotopic (exact) mass is 276 g/mol. The van der Waals surface area contributed by atoms with Gasteiger partial charge in [0.2, 0.25) is 10.0 Å². The van der Waals surface area contributed by atoms with E-state index in [1.807, 2.05) is 19.9 Å². The van der Waals surface area contributed by atoms with Crippen LogP contribution in [0.1, 0.15) is 27.2 Å². The number of nitrogens with zero attached hydrogens (tertiary/aromatic N) is 2. The molecule has 0 unspecified atom stereocenters. The molecule has 0 bridgehead atoms. The highest BCUT2D eigenvalue weighted by Gasteiger charge is 2.26. The second-order valence-corrected chi connectivity index (χ2v) is 6.19. The predicted octanol–water partition coefficient (Wildman–Crippen LogP) is 0.751. The fourth-order valence-electron chi connectivity index (χ4n) is 1.37. The Kier molecular flexibility index (Phi) is 7.55. The summed E-state index contributed by atoms with van der Waals surface area (Å²) in [6.07, 6.45) is 0.106. The highest BCUT2D eigenvalue weighted by Crippen LogP contribution is 2.08. The van der Waals surface area contributed by atoms with E-state index in [1.54, 1.807) is 6.92 Å². The third-order valence-corrected chi connectivity index (χ3v) is 3.76. The SMILES string of the molecule is CCOC(=O)CS(=O)(=O)N(CCC#N)CC(C)C. The lowest BCUT2D eigenvalue weighted by atomic mass is 10.2. The number of hydrogen-bond donors (Lipinski definition) is 0. The van der Waals surface area contributed by atoms with Crippen LogP contribution in [0.25, 0.3) is 0 Å². The van der Waals surface area contributed by atoms with Crippen LogP contribution in [0, 0.1) is 17.2 Å². The van der Waals surface area contributed by atoms with Gasteiger partial charge in [-0.05, 0) is 12.8 Å². The van der Waals surface area contributed by atoms with E-state index in [1.165, 1.54) is 4.31 Å². The largest absolute Gasteiger partial charge is 0.465 e. The molecule has 0 aliphatic carbocycles. The van der Waals surface area contributed by atoms with Crippen molar-refractivity contribution in [3.8, 4) is 6.07 Å². The highest BCUT2D eigenvalue weighted by molar-refractivity contribution is 7.89. The molecule has 0 radical (unpaired) electrons. The van der Waals surface area contributed by atoms with Crippen molar-refractivity contribution >= 4 is 16.0 Å². The van der Waals surface area contributed by atoms with Gasteiger partial charge in [0.25, 0.3) is 0 Å². The van der Waals surface area contributed by atoms with E-state index >= 15 is 0 Å². The number of ether oxygens (including phenoxy) is 1. The lowest BCUT2D eigenvalue weighted by molar-refractivity contribution is -0.140. The smallest absolute Gasteiger partial charge is 0.322 e. The molecule has 0 aromatic rings. The van der Waals surface area contributed by atoms with Gasteiger partial charge in [-0.2, -0.15) is 5.26 Å². The zero-order valence-corrected chi connectivity index (χ0v) is 11.9. The quantitative estimate of drug-likeness (QED) is 0.610. The van der Waals surface area contributed by atoms with Crippen LogP contribution in [-0.2, 0) is 19.6 Å². The van der Waals surface area contributed by atoms with E-state index in [4.69, 9.17) is 5.26 Å². The average molecular weight is 276 g/mol. The molecule has 0 amide bonds. The summed E-state index contributed by atoms with van der Waals surface area (Å²) in [5.74, 6) is -1.30.